The number of nitrogens with one attached hydrogen (secondary N) is 1. The summed E-state index contributed by atoms with van der Waals surface area (Å²) >= 11 is 0. The molecule has 0 aliphatic heterocycles. The molecule has 4 heteroatoms. The maximum Gasteiger partial charge on any atom is 0.261 e. The highest BCUT2D eigenvalue weighted by Crippen LogP contribution is 2.18. The molecule has 3 rings (SSSR count). The van der Waals surface area contributed by atoms with E-state index in [1.54, 1.807) is 10.9 Å². The van der Waals surface area contributed by atoms with Gasteiger partial charge in [0.1, 0.15) is 0 Å². The lowest BCUT2D eigenvalue weighted by molar-refractivity contribution is 0.556. The molecule has 100 valence electrons. The van der Waals surface area contributed by atoms with E-state index in [2.05, 4.69) is 10.3 Å². The van der Waals surface area contributed by atoms with Crippen molar-refractivity contribution in [3.63, 3.8) is 0 Å². The topological polar surface area (TPSA) is 46.9 Å². The minimum Gasteiger partial charge on any atom is -0.314 e. The van der Waals surface area contributed by atoms with Crippen LogP contribution in [0.4, 0.5) is 0 Å². The zero-order valence-electron chi connectivity index (χ0n) is 11.0. The zero-order chi connectivity index (χ0) is 13.1. The molecule has 1 aliphatic carbocycles. The van der Waals surface area contributed by atoms with E-state index in [-0.39, 0.29) is 5.56 Å². The van der Waals surface area contributed by atoms with Crippen LogP contribution in [0.3, 0.4) is 0 Å². The lowest BCUT2D eigenvalue weighted by Gasteiger charge is -2.07. The van der Waals surface area contributed by atoms with Crippen molar-refractivity contribution >= 4 is 10.9 Å². The Balaban J connectivity index is 1.60. The van der Waals surface area contributed by atoms with E-state index in [1.807, 2.05) is 24.3 Å². The van der Waals surface area contributed by atoms with E-state index in [0.29, 0.717) is 5.39 Å². The van der Waals surface area contributed by atoms with E-state index in [1.165, 1.54) is 12.8 Å². The Hall–Kier alpha value is -1.68. The molecule has 1 heterocycles. The van der Waals surface area contributed by atoms with Gasteiger partial charge in [-0.15, -0.1) is 0 Å². The monoisotopic (exact) mass is 257 g/mol. The third-order valence-electron chi connectivity index (χ3n) is 3.57. The molecule has 4 nitrogen and oxygen atoms in total. The van der Waals surface area contributed by atoms with Crippen molar-refractivity contribution in [3.8, 4) is 0 Å². The fourth-order valence-electron chi connectivity index (χ4n) is 2.27. The quantitative estimate of drug-likeness (QED) is 0.804. The van der Waals surface area contributed by atoms with E-state index >= 15 is 0 Å². The third-order valence-corrected chi connectivity index (χ3v) is 3.57. The number of hydrogen-bond acceptors (Lipinski definition) is 3. The van der Waals surface area contributed by atoms with Crippen LogP contribution < -0.4 is 10.9 Å². The van der Waals surface area contributed by atoms with Crippen LogP contribution in [0.15, 0.2) is 35.4 Å². The van der Waals surface area contributed by atoms with Gasteiger partial charge in [-0.25, -0.2) is 4.98 Å². The Morgan fingerprint density at radius 2 is 2.11 bits per heavy atom. The minimum atomic E-state index is 0.0701. The number of hydrogen-bond donors (Lipinski definition) is 1. The van der Waals surface area contributed by atoms with Crippen molar-refractivity contribution in [1.82, 2.24) is 14.9 Å². The molecule has 0 spiro atoms. The van der Waals surface area contributed by atoms with Gasteiger partial charge in [-0.2, -0.15) is 0 Å². The van der Waals surface area contributed by atoms with Gasteiger partial charge in [-0.3, -0.25) is 9.36 Å². The number of aryl methyl sites for hydroxylation is 1. The maximum atomic E-state index is 12.2. The van der Waals surface area contributed by atoms with Crippen LogP contribution in [0.25, 0.3) is 10.9 Å². The summed E-state index contributed by atoms with van der Waals surface area (Å²) in [5, 5.41) is 4.19. The first-order chi connectivity index (χ1) is 9.34. The first-order valence-electron chi connectivity index (χ1n) is 7.02. The summed E-state index contributed by atoms with van der Waals surface area (Å²) in [6.45, 7) is 1.81. The van der Waals surface area contributed by atoms with Crippen molar-refractivity contribution in [1.29, 1.82) is 0 Å². The van der Waals surface area contributed by atoms with Gasteiger partial charge in [-0.05, 0) is 44.4 Å². The second-order valence-electron chi connectivity index (χ2n) is 5.20. The summed E-state index contributed by atoms with van der Waals surface area (Å²) in [6, 6.07) is 8.28. The standard InChI is InChI=1S/C15H19N3O/c19-15-13-5-1-2-6-14(13)17-11-18(15)10-4-3-9-16-12-7-8-12/h1-2,5-6,11-12,16H,3-4,7-10H2. The summed E-state index contributed by atoms with van der Waals surface area (Å²) in [4.78, 5) is 16.5. The molecular weight excluding hydrogens is 238 g/mol. The molecule has 0 bridgehead atoms. The van der Waals surface area contributed by atoms with Gasteiger partial charge in [0.15, 0.2) is 0 Å². The van der Waals surface area contributed by atoms with Crippen molar-refractivity contribution in [2.24, 2.45) is 0 Å². The van der Waals surface area contributed by atoms with Crippen LogP contribution in [0.1, 0.15) is 25.7 Å². The van der Waals surface area contributed by atoms with Crippen LogP contribution >= 0.6 is 0 Å². The highest BCUT2D eigenvalue weighted by Gasteiger charge is 2.19. The minimum absolute atomic E-state index is 0.0701. The van der Waals surface area contributed by atoms with Gasteiger partial charge in [0.05, 0.1) is 17.2 Å². The normalized spacial score (nSPS) is 14.9. The second-order valence-corrected chi connectivity index (χ2v) is 5.20. The number of rotatable bonds is 6. The molecule has 0 amide bonds. The van der Waals surface area contributed by atoms with Crippen LogP contribution in [0.2, 0.25) is 0 Å². The largest absolute Gasteiger partial charge is 0.314 e. The average molecular weight is 257 g/mol. The Kier molecular flexibility index (Phi) is 3.60. The van der Waals surface area contributed by atoms with Crippen molar-refractivity contribution in [3.05, 3.63) is 40.9 Å². The summed E-state index contributed by atoms with van der Waals surface area (Å²) in [7, 11) is 0. The number of nitrogens with zero attached hydrogens (tertiary/aromatic N) is 2. The lowest BCUT2D eigenvalue weighted by Crippen LogP contribution is -2.22. The predicted octanol–water partition coefficient (Wildman–Crippen LogP) is 1.93. The van der Waals surface area contributed by atoms with E-state index in [9.17, 15) is 4.79 Å². The number of para-hydroxylation sites is 1. The van der Waals surface area contributed by atoms with Crippen LogP contribution in [0, 0.1) is 0 Å². The van der Waals surface area contributed by atoms with E-state index < -0.39 is 0 Å². The number of fused-ring (bicyclic) bond motifs is 1. The first kappa shape index (κ1) is 12.4. The van der Waals surface area contributed by atoms with Crippen molar-refractivity contribution in [2.75, 3.05) is 6.54 Å². The summed E-state index contributed by atoms with van der Waals surface area (Å²) in [5.41, 5.74) is 0.847. The molecule has 1 saturated carbocycles. The maximum absolute atomic E-state index is 12.2. The molecule has 1 N–H and O–H groups in total. The Morgan fingerprint density at radius 3 is 2.95 bits per heavy atom. The smallest absolute Gasteiger partial charge is 0.261 e. The van der Waals surface area contributed by atoms with Gasteiger partial charge in [0.2, 0.25) is 0 Å². The molecule has 1 fully saturated rings. The van der Waals surface area contributed by atoms with Crippen molar-refractivity contribution < 1.29 is 0 Å². The van der Waals surface area contributed by atoms with Gasteiger partial charge >= 0.3 is 0 Å². The molecule has 0 atom stereocenters. The SMILES string of the molecule is O=c1c2ccccc2ncn1CCCCNC1CC1. The summed E-state index contributed by atoms with van der Waals surface area (Å²) < 4.78 is 1.72. The molecule has 0 saturated heterocycles. The second kappa shape index (κ2) is 5.53. The van der Waals surface area contributed by atoms with E-state index in [4.69, 9.17) is 0 Å². The lowest BCUT2D eigenvalue weighted by atomic mass is 10.2. The van der Waals surface area contributed by atoms with Gasteiger partial charge < -0.3 is 5.32 Å². The Labute approximate surface area is 112 Å². The molecule has 1 aliphatic rings. The fraction of sp³-hybridized carbons (Fsp3) is 0.467. The van der Waals surface area contributed by atoms with Crippen LogP contribution in [-0.4, -0.2) is 22.1 Å². The Morgan fingerprint density at radius 1 is 1.26 bits per heavy atom. The molecule has 1 aromatic carbocycles. The summed E-state index contributed by atoms with van der Waals surface area (Å²) in [6.07, 6.45) is 6.44. The number of benzene rings is 1. The molecule has 19 heavy (non-hydrogen) atoms. The van der Waals surface area contributed by atoms with Crippen LogP contribution in [-0.2, 0) is 6.54 Å². The average Bonchev–Trinajstić information content (AvgIpc) is 3.25. The highest BCUT2D eigenvalue weighted by molar-refractivity contribution is 5.76. The van der Waals surface area contributed by atoms with Gasteiger partial charge in [-0.1, -0.05) is 12.1 Å². The predicted molar refractivity (Wildman–Crippen MR) is 76.3 cm³/mol. The molecule has 0 radical (unpaired) electrons. The molecular formula is C15H19N3O. The summed E-state index contributed by atoms with van der Waals surface area (Å²) in [5.74, 6) is 0. The van der Waals surface area contributed by atoms with Gasteiger partial charge in [0.25, 0.3) is 5.56 Å². The Bertz CT molecular complexity index is 616. The molecule has 1 aromatic heterocycles. The van der Waals surface area contributed by atoms with Gasteiger partial charge in [0, 0.05) is 12.6 Å². The number of unbranched alkanes of at least 4 members (excludes halogenated alkanes) is 1. The third kappa shape index (κ3) is 3.01. The van der Waals surface area contributed by atoms with Crippen LogP contribution in [0.5, 0.6) is 0 Å². The zero-order valence-corrected chi connectivity index (χ0v) is 11.0. The molecule has 0 unspecified atom stereocenters. The van der Waals surface area contributed by atoms with E-state index in [0.717, 1.165) is 37.5 Å². The number of aromatic nitrogens is 2. The van der Waals surface area contributed by atoms with Crippen molar-refractivity contribution in [2.45, 2.75) is 38.3 Å². The molecule has 2 aromatic rings. The fourth-order valence-corrected chi connectivity index (χ4v) is 2.27. The first-order valence-corrected chi connectivity index (χ1v) is 7.02. The highest BCUT2D eigenvalue weighted by atomic mass is 16.1.